The SMILES string of the molecule is CC[C@H](C)NC(=O)[C@@H](C)N(CCc1ccccc1)C(=O)COc1ccc(I)cc1. The molecule has 0 fully saturated rings. The van der Waals surface area contributed by atoms with Crippen LogP contribution in [-0.2, 0) is 16.0 Å². The van der Waals surface area contributed by atoms with E-state index in [4.69, 9.17) is 4.74 Å². The van der Waals surface area contributed by atoms with E-state index in [2.05, 4.69) is 27.9 Å². The smallest absolute Gasteiger partial charge is 0.261 e. The number of carbonyl (C=O) groups excluding carboxylic acids is 2. The van der Waals surface area contributed by atoms with E-state index in [0.29, 0.717) is 18.7 Å². The standard InChI is InChI=1S/C23H29IN2O3/c1-4-17(2)25-23(28)18(3)26(15-14-19-8-6-5-7-9-19)22(27)16-29-21-12-10-20(24)11-13-21/h5-13,17-18H,4,14-16H2,1-3H3,(H,25,28)/t17-,18+/m0/s1. The van der Waals surface area contributed by atoms with Gasteiger partial charge in [-0.25, -0.2) is 0 Å². The predicted octanol–water partition coefficient (Wildman–Crippen LogP) is 4.04. The van der Waals surface area contributed by atoms with E-state index in [9.17, 15) is 9.59 Å². The van der Waals surface area contributed by atoms with Crippen molar-refractivity contribution in [1.82, 2.24) is 10.2 Å². The number of nitrogens with one attached hydrogen (secondary N) is 1. The largest absolute Gasteiger partial charge is 0.484 e. The Labute approximate surface area is 187 Å². The van der Waals surface area contributed by atoms with Crippen molar-refractivity contribution in [3.05, 3.63) is 63.7 Å². The summed E-state index contributed by atoms with van der Waals surface area (Å²) in [6.45, 7) is 6.10. The molecule has 0 spiro atoms. The summed E-state index contributed by atoms with van der Waals surface area (Å²) in [6, 6.07) is 17.0. The van der Waals surface area contributed by atoms with Crippen molar-refractivity contribution in [1.29, 1.82) is 0 Å². The van der Waals surface area contributed by atoms with Crippen LogP contribution in [0.25, 0.3) is 0 Å². The summed E-state index contributed by atoms with van der Waals surface area (Å²) in [7, 11) is 0. The van der Waals surface area contributed by atoms with Gasteiger partial charge in [-0.2, -0.15) is 0 Å². The zero-order valence-corrected chi connectivity index (χ0v) is 19.4. The molecule has 2 aromatic rings. The van der Waals surface area contributed by atoms with Gasteiger partial charge < -0.3 is 15.0 Å². The molecular weight excluding hydrogens is 479 g/mol. The minimum absolute atomic E-state index is 0.0686. The second kappa shape index (κ2) is 11.8. The van der Waals surface area contributed by atoms with Crippen molar-refractivity contribution in [2.24, 2.45) is 0 Å². The summed E-state index contributed by atoms with van der Waals surface area (Å²) >= 11 is 2.22. The summed E-state index contributed by atoms with van der Waals surface area (Å²) in [6.07, 6.45) is 1.52. The molecule has 5 nitrogen and oxygen atoms in total. The van der Waals surface area contributed by atoms with Crippen LogP contribution >= 0.6 is 22.6 Å². The van der Waals surface area contributed by atoms with E-state index in [1.54, 1.807) is 11.8 Å². The molecule has 2 aromatic carbocycles. The lowest BCUT2D eigenvalue weighted by Gasteiger charge is -2.29. The quantitative estimate of drug-likeness (QED) is 0.493. The Bertz CT molecular complexity index is 780. The van der Waals surface area contributed by atoms with Gasteiger partial charge in [-0.15, -0.1) is 0 Å². The maximum absolute atomic E-state index is 12.9. The number of halogens is 1. The van der Waals surface area contributed by atoms with Crippen molar-refractivity contribution in [3.8, 4) is 5.75 Å². The third-order valence-electron chi connectivity index (χ3n) is 4.83. The maximum Gasteiger partial charge on any atom is 0.261 e. The number of benzene rings is 2. The molecule has 0 aliphatic carbocycles. The average molecular weight is 508 g/mol. The third kappa shape index (κ3) is 7.68. The first-order chi connectivity index (χ1) is 13.9. The number of rotatable bonds is 10. The number of ether oxygens (including phenoxy) is 1. The van der Waals surface area contributed by atoms with Crippen LogP contribution in [0.3, 0.4) is 0 Å². The van der Waals surface area contributed by atoms with Crippen molar-refractivity contribution in [2.75, 3.05) is 13.2 Å². The van der Waals surface area contributed by atoms with Crippen molar-refractivity contribution < 1.29 is 14.3 Å². The monoisotopic (exact) mass is 508 g/mol. The second-order valence-corrected chi connectivity index (χ2v) is 8.30. The Kier molecular flexibility index (Phi) is 9.44. The van der Waals surface area contributed by atoms with Crippen LogP contribution in [-0.4, -0.2) is 41.9 Å². The molecule has 156 valence electrons. The van der Waals surface area contributed by atoms with Crippen LogP contribution in [0.5, 0.6) is 5.75 Å². The van der Waals surface area contributed by atoms with Crippen LogP contribution in [0.15, 0.2) is 54.6 Å². The van der Waals surface area contributed by atoms with Gasteiger partial charge in [-0.3, -0.25) is 9.59 Å². The zero-order chi connectivity index (χ0) is 21.2. The Morgan fingerprint density at radius 2 is 1.72 bits per heavy atom. The van der Waals surface area contributed by atoms with Gasteiger partial charge in [0.1, 0.15) is 11.8 Å². The maximum atomic E-state index is 12.9. The number of hydrogen-bond donors (Lipinski definition) is 1. The molecular formula is C23H29IN2O3. The average Bonchev–Trinajstić information content (AvgIpc) is 2.73. The molecule has 0 saturated carbocycles. The number of nitrogens with zero attached hydrogens (tertiary/aromatic N) is 1. The van der Waals surface area contributed by atoms with Gasteiger partial charge in [0.15, 0.2) is 6.61 Å². The summed E-state index contributed by atoms with van der Waals surface area (Å²) in [5.41, 5.74) is 1.12. The van der Waals surface area contributed by atoms with Gasteiger partial charge in [0, 0.05) is 16.2 Å². The normalized spacial score (nSPS) is 12.7. The van der Waals surface area contributed by atoms with Crippen molar-refractivity contribution in [2.45, 2.75) is 45.7 Å². The van der Waals surface area contributed by atoms with Crippen molar-refractivity contribution >= 4 is 34.4 Å². The Morgan fingerprint density at radius 3 is 2.34 bits per heavy atom. The van der Waals surface area contributed by atoms with E-state index >= 15 is 0 Å². The van der Waals surface area contributed by atoms with E-state index < -0.39 is 6.04 Å². The molecule has 0 aliphatic rings. The van der Waals surface area contributed by atoms with Crippen LogP contribution in [0.1, 0.15) is 32.8 Å². The van der Waals surface area contributed by atoms with E-state index in [1.165, 1.54) is 0 Å². The van der Waals surface area contributed by atoms with Gasteiger partial charge >= 0.3 is 0 Å². The number of amides is 2. The number of hydrogen-bond acceptors (Lipinski definition) is 3. The fourth-order valence-corrected chi connectivity index (χ4v) is 3.15. The molecule has 0 aromatic heterocycles. The highest BCUT2D eigenvalue weighted by atomic mass is 127. The Hall–Kier alpha value is -2.09. The van der Waals surface area contributed by atoms with Crippen LogP contribution in [0, 0.1) is 3.57 Å². The molecule has 0 saturated heterocycles. The Morgan fingerprint density at radius 1 is 1.07 bits per heavy atom. The first kappa shape index (κ1) is 23.2. The molecule has 0 aliphatic heterocycles. The molecule has 0 heterocycles. The number of carbonyl (C=O) groups is 2. The highest BCUT2D eigenvalue weighted by Gasteiger charge is 2.26. The first-order valence-electron chi connectivity index (χ1n) is 9.92. The molecule has 29 heavy (non-hydrogen) atoms. The summed E-state index contributed by atoms with van der Waals surface area (Å²) in [5, 5.41) is 2.97. The summed E-state index contributed by atoms with van der Waals surface area (Å²) < 4.78 is 6.76. The molecule has 1 N–H and O–H groups in total. The third-order valence-corrected chi connectivity index (χ3v) is 5.55. The lowest BCUT2D eigenvalue weighted by atomic mass is 10.1. The summed E-state index contributed by atoms with van der Waals surface area (Å²) in [4.78, 5) is 27.2. The molecule has 0 bridgehead atoms. The zero-order valence-electron chi connectivity index (χ0n) is 17.2. The summed E-state index contributed by atoms with van der Waals surface area (Å²) in [5.74, 6) is 0.291. The fraction of sp³-hybridized carbons (Fsp3) is 0.391. The van der Waals surface area contributed by atoms with Gasteiger partial charge in [-0.05, 0) is 79.1 Å². The van der Waals surface area contributed by atoms with Crippen LogP contribution < -0.4 is 10.1 Å². The van der Waals surface area contributed by atoms with Gasteiger partial charge in [0.25, 0.3) is 5.91 Å². The topological polar surface area (TPSA) is 58.6 Å². The van der Waals surface area contributed by atoms with Crippen molar-refractivity contribution in [3.63, 3.8) is 0 Å². The second-order valence-electron chi connectivity index (χ2n) is 7.06. The van der Waals surface area contributed by atoms with Gasteiger partial charge in [0.2, 0.25) is 5.91 Å². The molecule has 0 radical (unpaired) electrons. The first-order valence-corrected chi connectivity index (χ1v) is 11.0. The van der Waals surface area contributed by atoms with Gasteiger partial charge in [-0.1, -0.05) is 37.3 Å². The predicted molar refractivity (Wildman–Crippen MR) is 124 cm³/mol. The molecule has 6 heteroatoms. The lowest BCUT2D eigenvalue weighted by molar-refractivity contribution is -0.141. The fourth-order valence-electron chi connectivity index (χ4n) is 2.79. The lowest BCUT2D eigenvalue weighted by Crippen LogP contribution is -2.51. The molecule has 2 amide bonds. The minimum atomic E-state index is -0.569. The van der Waals surface area contributed by atoms with E-state index in [1.807, 2.05) is 68.4 Å². The molecule has 2 atom stereocenters. The highest BCUT2D eigenvalue weighted by Crippen LogP contribution is 2.14. The van der Waals surface area contributed by atoms with Crippen LogP contribution in [0.4, 0.5) is 0 Å². The van der Waals surface area contributed by atoms with Gasteiger partial charge in [0.05, 0.1) is 0 Å². The van der Waals surface area contributed by atoms with E-state index in [-0.39, 0.29) is 24.5 Å². The van der Waals surface area contributed by atoms with E-state index in [0.717, 1.165) is 15.6 Å². The highest BCUT2D eigenvalue weighted by molar-refractivity contribution is 14.1. The molecule has 0 unspecified atom stereocenters. The Balaban J connectivity index is 2.05. The molecule has 2 rings (SSSR count). The van der Waals surface area contributed by atoms with Crippen LogP contribution in [0.2, 0.25) is 0 Å². The minimum Gasteiger partial charge on any atom is -0.484 e.